The van der Waals surface area contributed by atoms with E-state index in [-0.39, 0.29) is 17.9 Å². The van der Waals surface area contributed by atoms with E-state index < -0.39 is 0 Å². The van der Waals surface area contributed by atoms with Gasteiger partial charge in [0, 0.05) is 18.6 Å². The monoisotopic (exact) mass is 258 g/mol. The van der Waals surface area contributed by atoms with E-state index in [1.165, 1.54) is 5.56 Å². The second-order valence-corrected chi connectivity index (χ2v) is 5.01. The summed E-state index contributed by atoms with van der Waals surface area (Å²) in [5.41, 5.74) is 7.09. The lowest BCUT2D eigenvalue weighted by molar-refractivity contribution is 0.263. The Morgan fingerprint density at radius 1 is 1.24 bits per heavy atom. The van der Waals surface area contributed by atoms with Crippen LogP contribution in [-0.4, -0.2) is 31.1 Å². The van der Waals surface area contributed by atoms with Gasteiger partial charge in [0.15, 0.2) is 0 Å². The highest BCUT2D eigenvalue weighted by Gasteiger charge is 2.13. The van der Waals surface area contributed by atoms with Crippen LogP contribution in [0.15, 0.2) is 24.3 Å². The van der Waals surface area contributed by atoms with Crippen LogP contribution >= 0.6 is 12.4 Å². The minimum absolute atomic E-state index is 0. The Hall–Kier alpha value is -0.770. The molecule has 0 aliphatic carbocycles. The van der Waals surface area contributed by atoms with Crippen LogP contribution in [0.5, 0.6) is 5.75 Å². The van der Waals surface area contributed by atoms with Gasteiger partial charge in [-0.2, -0.15) is 0 Å². The molecule has 0 saturated carbocycles. The third-order valence-electron chi connectivity index (χ3n) is 2.29. The van der Waals surface area contributed by atoms with E-state index in [1.807, 2.05) is 26.0 Å². The molecule has 3 nitrogen and oxygen atoms in total. The van der Waals surface area contributed by atoms with Crippen LogP contribution in [0.1, 0.15) is 19.4 Å². The maximum Gasteiger partial charge on any atom is 0.118 e. The SMILES string of the molecule is COc1ccc(CN(C)CC(C)(C)N)cc1.Cl. The van der Waals surface area contributed by atoms with Crippen molar-refractivity contribution in [2.75, 3.05) is 20.7 Å². The van der Waals surface area contributed by atoms with Gasteiger partial charge in [-0.1, -0.05) is 12.1 Å². The van der Waals surface area contributed by atoms with Gasteiger partial charge in [0.1, 0.15) is 5.75 Å². The number of methoxy groups -OCH3 is 1. The Bertz CT molecular complexity index is 319. The van der Waals surface area contributed by atoms with Gasteiger partial charge < -0.3 is 15.4 Å². The average molecular weight is 259 g/mol. The first-order chi connectivity index (χ1) is 7.40. The van der Waals surface area contributed by atoms with Crippen LogP contribution in [0.4, 0.5) is 0 Å². The Kier molecular flexibility index (Phi) is 6.53. The Labute approximate surface area is 110 Å². The number of hydrogen-bond donors (Lipinski definition) is 1. The van der Waals surface area contributed by atoms with E-state index in [4.69, 9.17) is 10.5 Å². The first-order valence-corrected chi connectivity index (χ1v) is 5.51. The molecule has 2 N–H and O–H groups in total. The third-order valence-corrected chi connectivity index (χ3v) is 2.29. The Balaban J connectivity index is 0.00000256. The van der Waals surface area contributed by atoms with Crippen LogP contribution < -0.4 is 10.5 Å². The summed E-state index contributed by atoms with van der Waals surface area (Å²) in [6.45, 7) is 5.86. The molecule has 0 bridgehead atoms. The number of benzene rings is 1. The summed E-state index contributed by atoms with van der Waals surface area (Å²) in [6, 6.07) is 8.13. The number of ether oxygens (including phenoxy) is 1. The van der Waals surface area contributed by atoms with E-state index in [2.05, 4.69) is 24.1 Å². The van der Waals surface area contributed by atoms with Crippen molar-refractivity contribution in [2.24, 2.45) is 5.73 Å². The van der Waals surface area contributed by atoms with E-state index in [0.29, 0.717) is 0 Å². The van der Waals surface area contributed by atoms with Crippen molar-refractivity contribution in [1.29, 1.82) is 0 Å². The summed E-state index contributed by atoms with van der Waals surface area (Å²) in [6.07, 6.45) is 0. The standard InChI is InChI=1S/C13H22N2O.ClH/c1-13(2,14)10-15(3)9-11-5-7-12(16-4)8-6-11;/h5-8H,9-10,14H2,1-4H3;1H. The molecule has 0 spiro atoms. The summed E-state index contributed by atoms with van der Waals surface area (Å²) >= 11 is 0. The zero-order valence-corrected chi connectivity index (χ0v) is 11.9. The van der Waals surface area contributed by atoms with E-state index in [1.54, 1.807) is 7.11 Å². The minimum atomic E-state index is -0.152. The van der Waals surface area contributed by atoms with Gasteiger partial charge in [-0.3, -0.25) is 0 Å². The molecule has 0 aliphatic rings. The van der Waals surface area contributed by atoms with Crippen LogP contribution in [0, 0.1) is 0 Å². The summed E-state index contributed by atoms with van der Waals surface area (Å²) in [7, 11) is 3.76. The van der Waals surface area contributed by atoms with E-state index in [0.717, 1.165) is 18.8 Å². The minimum Gasteiger partial charge on any atom is -0.497 e. The van der Waals surface area contributed by atoms with Crippen molar-refractivity contribution in [1.82, 2.24) is 4.90 Å². The number of nitrogens with two attached hydrogens (primary N) is 1. The van der Waals surface area contributed by atoms with Gasteiger partial charge in [-0.05, 0) is 38.6 Å². The van der Waals surface area contributed by atoms with Gasteiger partial charge >= 0.3 is 0 Å². The zero-order chi connectivity index (χ0) is 12.2. The maximum absolute atomic E-state index is 5.97. The molecule has 1 rings (SSSR count). The van der Waals surface area contributed by atoms with Crippen molar-refractivity contribution < 1.29 is 4.74 Å². The van der Waals surface area contributed by atoms with Gasteiger partial charge in [0.2, 0.25) is 0 Å². The fraction of sp³-hybridized carbons (Fsp3) is 0.538. The van der Waals surface area contributed by atoms with Crippen LogP contribution in [-0.2, 0) is 6.54 Å². The molecule has 4 heteroatoms. The molecule has 0 fully saturated rings. The van der Waals surface area contributed by atoms with Crippen LogP contribution in [0.25, 0.3) is 0 Å². The Morgan fingerprint density at radius 2 is 1.76 bits per heavy atom. The predicted octanol–water partition coefficient (Wildman–Crippen LogP) is 2.29. The second-order valence-electron chi connectivity index (χ2n) is 5.01. The molecular weight excluding hydrogens is 236 g/mol. The predicted molar refractivity (Wildman–Crippen MR) is 74.8 cm³/mol. The van der Waals surface area contributed by atoms with Crippen molar-refractivity contribution in [2.45, 2.75) is 25.9 Å². The normalized spacial score (nSPS) is 11.2. The average Bonchev–Trinajstić information content (AvgIpc) is 2.16. The lowest BCUT2D eigenvalue weighted by atomic mass is 10.1. The van der Waals surface area contributed by atoms with Crippen LogP contribution in [0.2, 0.25) is 0 Å². The number of rotatable bonds is 5. The maximum atomic E-state index is 5.97. The molecular formula is C13H23ClN2O. The van der Waals surface area contributed by atoms with Crippen molar-refractivity contribution >= 4 is 12.4 Å². The van der Waals surface area contributed by atoms with Gasteiger partial charge in [-0.15, -0.1) is 12.4 Å². The highest BCUT2D eigenvalue weighted by atomic mass is 35.5. The third kappa shape index (κ3) is 6.51. The molecule has 0 aromatic heterocycles. The van der Waals surface area contributed by atoms with Gasteiger partial charge in [0.05, 0.1) is 7.11 Å². The van der Waals surface area contributed by atoms with E-state index in [9.17, 15) is 0 Å². The largest absolute Gasteiger partial charge is 0.497 e. The van der Waals surface area contributed by atoms with Crippen molar-refractivity contribution in [3.05, 3.63) is 29.8 Å². The number of hydrogen-bond acceptors (Lipinski definition) is 3. The molecule has 0 heterocycles. The fourth-order valence-electron chi connectivity index (χ4n) is 1.79. The molecule has 17 heavy (non-hydrogen) atoms. The molecule has 0 saturated heterocycles. The molecule has 0 atom stereocenters. The summed E-state index contributed by atoms with van der Waals surface area (Å²) in [5.74, 6) is 0.894. The molecule has 1 aromatic carbocycles. The number of nitrogens with zero attached hydrogens (tertiary/aromatic N) is 1. The molecule has 0 aliphatic heterocycles. The molecule has 0 radical (unpaired) electrons. The summed E-state index contributed by atoms with van der Waals surface area (Å²) in [4.78, 5) is 2.22. The van der Waals surface area contributed by atoms with Crippen LogP contribution in [0.3, 0.4) is 0 Å². The number of halogens is 1. The Morgan fingerprint density at radius 3 is 2.18 bits per heavy atom. The fourth-order valence-corrected chi connectivity index (χ4v) is 1.79. The highest BCUT2D eigenvalue weighted by molar-refractivity contribution is 5.85. The highest BCUT2D eigenvalue weighted by Crippen LogP contribution is 2.13. The second kappa shape index (κ2) is 6.84. The lowest BCUT2D eigenvalue weighted by Gasteiger charge is -2.26. The number of likely N-dealkylation sites (N-methyl/N-ethyl adjacent to an activating group) is 1. The molecule has 98 valence electrons. The summed E-state index contributed by atoms with van der Waals surface area (Å²) in [5, 5.41) is 0. The van der Waals surface area contributed by atoms with Crippen molar-refractivity contribution in [3.63, 3.8) is 0 Å². The zero-order valence-electron chi connectivity index (χ0n) is 11.1. The van der Waals surface area contributed by atoms with Gasteiger partial charge in [-0.25, -0.2) is 0 Å². The molecule has 0 unspecified atom stereocenters. The quantitative estimate of drug-likeness (QED) is 0.881. The summed E-state index contributed by atoms with van der Waals surface area (Å²) < 4.78 is 5.12. The van der Waals surface area contributed by atoms with Gasteiger partial charge in [0.25, 0.3) is 0 Å². The molecule has 0 amide bonds. The first kappa shape index (κ1) is 16.2. The van der Waals surface area contributed by atoms with E-state index >= 15 is 0 Å². The topological polar surface area (TPSA) is 38.5 Å². The smallest absolute Gasteiger partial charge is 0.118 e. The first-order valence-electron chi connectivity index (χ1n) is 5.51. The molecule has 1 aromatic rings. The van der Waals surface area contributed by atoms with Crippen molar-refractivity contribution in [3.8, 4) is 5.75 Å². The lowest BCUT2D eigenvalue weighted by Crippen LogP contribution is -2.43.